The lowest BCUT2D eigenvalue weighted by atomic mass is 10.0. The summed E-state index contributed by atoms with van der Waals surface area (Å²) in [5.74, 6) is -2.21. The first-order chi connectivity index (χ1) is 35.6. The Labute approximate surface area is 470 Å². The number of amides is 4. The van der Waals surface area contributed by atoms with Crippen LogP contribution in [0.1, 0.15) is 98.5 Å². The van der Waals surface area contributed by atoms with Gasteiger partial charge in [-0.1, -0.05) is 41.6 Å². The number of nitrogens with zero attached hydrogens (tertiary/aromatic N) is 6. The van der Waals surface area contributed by atoms with Crippen LogP contribution in [-0.4, -0.2) is 113 Å². The Morgan fingerprint density at radius 3 is 2.12 bits per heavy atom. The highest BCUT2D eigenvalue weighted by Gasteiger charge is 2.55. The molecule has 7 rings (SSSR count). The molecule has 2 aliphatic heterocycles. The van der Waals surface area contributed by atoms with E-state index in [-0.39, 0.29) is 65.2 Å². The highest BCUT2D eigenvalue weighted by atomic mass is 127. The second kappa shape index (κ2) is 23.7. The standard InChI is InChI=1S/C52H62N10O12S2.HI/c1-49(2,3)71-45(66)52(10,11)74-58-37(35-29-76-46(54-35)57-48(68)73-51(7,8)9)41(63)55-38-42(64)62-39(44(65)70-27-31-15-19-34(69-12)20-16-31)33(28-75-43(38)62)26-60-22-21-36-59(23-24-61(36)60)25-30-13-17-32(18-14-30)40(53)56-47(67)72-50(4,5)6;/h13-24,29,38,43H,25-28H2,1-12H3,(H3-,53,54,55,56,57,63,67,68);1H/b58-37-;/t38-,43-;/m1./s1. The van der Waals surface area contributed by atoms with Crippen molar-refractivity contribution < 1.29 is 85.8 Å². The normalized spacial score (nSPS) is 15.8. The van der Waals surface area contributed by atoms with Gasteiger partial charge < -0.3 is 57.8 Å². The Hall–Kier alpha value is -7.00. The number of aromatic nitrogens is 4. The molecule has 5 heterocycles. The number of amidine groups is 1. The number of hydrogen-bond acceptors (Lipinski definition) is 17. The number of ether oxygens (including phenoxy) is 5. The largest absolute Gasteiger partial charge is 1.00 e. The van der Waals surface area contributed by atoms with Crippen LogP contribution in [0, 0.1) is 5.41 Å². The van der Waals surface area contributed by atoms with E-state index in [0.29, 0.717) is 29.0 Å². The number of alkyl carbamates (subject to hydrolysis) is 1. The smallest absolute Gasteiger partial charge is 0.413 e. The van der Waals surface area contributed by atoms with Crippen LogP contribution in [-0.2, 0) is 62.7 Å². The van der Waals surface area contributed by atoms with Crippen LogP contribution in [0.25, 0.3) is 5.65 Å². The molecule has 0 aliphatic carbocycles. The van der Waals surface area contributed by atoms with Gasteiger partial charge in [0.25, 0.3) is 11.8 Å². The number of imidazole rings is 1. The fourth-order valence-corrected chi connectivity index (χ4v) is 9.54. The van der Waals surface area contributed by atoms with E-state index in [4.69, 9.17) is 33.9 Å². The van der Waals surface area contributed by atoms with Crippen molar-refractivity contribution in [2.24, 2.45) is 5.16 Å². The number of methoxy groups -OCH3 is 1. The summed E-state index contributed by atoms with van der Waals surface area (Å²) in [5, 5.41) is 20.9. The first kappa shape index (κ1) is 59.2. The molecule has 2 aromatic carbocycles. The fourth-order valence-electron chi connectivity index (χ4n) is 7.53. The van der Waals surface area contributed by atoms with E-state index in [1.807, 2.05) is 50.6 Å². The lowest BCUT2D eigenvalue weighted by molar-refractivity contribution is -0.661. The average molecular weight is 1210 g/mol. The van der Waals surface area contributed by atoms with Crippen LogP contribution in [0.15, 0.2) is 95.0 Å². The third-order valence-electron chi connectivity index (χ3n) is 11.0. The Morgan fingerprint density at radius 2 is 1.48 bits per heavy atom. The minimum atomic E-state index is -1.69. The molecule has 4 amide bonds. The van der Waals surface area contributed by atoms with Gasteiger partial charge in [-0.15, -0.1) is 27.6 Å². The highest BCUT2D eigenvalue weighted by molar-refractivity contribution is 8.00. The van der Waals surface area contributed by atoms with Gasteiger partial charge in [0, 0.05) is 16.7 Å². The predicted octanol–water partition coefficient (Wildman–Crippen LogP) is 3.68. The number of esters is 2. The zero-order valence-electron chi connectivity index (χ0n) is 44.8. The Bertz CT molecular complexity index is 3110. The molecule has 3 aromatic heterocycles. The molecular weight excluding hydrogens is 1150 g/mol. The van der Waals surface area contributed by atoms with Gasteiger partial charge in [-0.05, 0) is 105 Å². The molecule has 2 atom stereocenters. The van der Waals surface area contributed by atoms with Crippen LogP contribution >= 0.6 is 23.1 Å². The summed E-state index contributed by atoms with van der Waals surface area (Å²) in [6.07, 6.45) is 4.15. The lowest BCUT2D eigenvalue weighted by Crippen LogP contribution is -3.00. The van der Waals surface area contributed by atoms with Crippen molar-refractivity contribution in [1.29, 1.82) is 5.41 Å². The number of thioether (sulfide) groups is 1. The first-order valence-electron chi connectivity index (χ1n) is 24.0. The summed E-state index contributed by atoms with van der Waals surface area (Å²) in [5.41, 5.74) is -0.972. The number of thiazole rings is 1. The Kier molecular flexibility index (Phi) is 18.2. The van der Waals surface area contributed by atoms with Crippen LogP contribution in [0.3, 0.4) is 0 Å². The molecule has 0 bridgehead atoms. The number of carbonyl (C=O) groups excluding carboxylic acids is 6. The molecule has 25 heteroatoms. The SMILES string of the molecule is COc1ccc(COC(=O)C2=C(Cn3ccc4n3cc[n+]4Cc3ccc(C(=N)NC(=O)OC(C)(C)C)cc3)CS[C@@H]3[C@H](NC(=O)/C(=N\OC(C)(C)C(=O)OC(C)(C)C)c4csc(NC(=O)OC(C)(C)C)n4)C(=O)N23)cc1.[I-]. The number of rotatable bonds is 16. The quantitative estimate of drug-likeness (QED) is 0.0161. The van der Waals surface area contributed by atoms with E-state index in [9.17, 15) is 28.8 Å². The number of halogens is 1. The molecule has 0 unspecified atom stereocenters. The van der Waals surface area contributed by atoms with Gasteiger partial charge >= 0.3 is 29.8 Å². The molecule has 5 aromatic rings. The van der Waals surface area contributed by atoms with Crippen molar-refractivity contribution in [2.45, 2.75) is 130 Å². The number of hydrogen-bond donors (Lipinski definition) is 4. The maximum absolute atomic E-state index is 14.4. The average Bonchev–Trinajstić information content (AvgIpc) is 4.08. The maximum atomic E-state index is 14.4. The molecule has 22 nitrogen and oxygen atoms in total. The van der Waals surface area contributed by atoms with Crippen LogP contribution in [0.2, 0.25) is 0 Å². The van der Waals surface area contributed by atoms with Crippen molar-refractivity contribution in [2.75, 3.05) is 18.2 Å². The molecule has 77 heavy (non-hydrogen) atoms. The van der Waals surface area contributed by atoms with Gasteiger partial charge in [0.15, 0.2) is 17.0 Å². The van der Waals surface area contributed by atoms with Crippen molar-refractivity contribution >= 4 is 81.4 Å². The minimum Gasteiger partial charge on any atom is -1.00 e. The van der Waals surface area contributed by atoms with Crippen LogP contribution < -0.4 is 49.2 Å². The number of benzene rings is 2. The van der Waals surface area contributed by atoms with Gasteiger partial charge in [0.05, 0.1) is 25.9 Å². The van der Waals surface area contributed by atoms with Crippen molar-refractivity contribution in [3.05, 3.63) is 112 Å². The number of carbonyl (C=O) groups is 6. The molecule has 2 aliphatic rings. The Balaban J connectivity index is 0.00000961. The van der Waals surface area contributed by atoms with E-state index >= 15 is 0 Å². The van der Waals surface area contributed by atoms with E-state index in [1.54, 1.807) is 106 Å². The topological polar surface area (TPSA) is 259 Å². The van der Waals surface area contributed by atoms with Gasteiger partial charge in [-0.3, -0.25) is 30.5 Å². The van der Waals surface area contributed by atoms with Crippen molar-refractivity contribution in [1.82, 2.24) is 29.7 Å². The number of oxime groups is 1. The van der Waals surface area contributed by atoms with Crippen molar-refractivity contribution in [3.8, 4) is 5.75 Å². The molecule has 4 N–H and O–H groups in total. The number of anilines is 1. The zero-order chi connectivity index (χ0) is 55.5. The number of nitrogens with one attached hydrogen (secondary N) is 4. The maximum Gasteiger partial charge on any atom is 0.413 e. The molecular formula is C52H63IN10O12S2. The molecule has 1 saturated heterocycles. The second-order valence-electron chi connectivity index (χ2n) is 21.2. The van der Waals surface area contributed by atoms with Crippen molar-refractivity contribution in [3.63, 3.8) is 0 Å². The molecule has 412 valence electrons. The van der Waals surface area contributed by atoms with E-state index in [2.05, 4.69) is 26.1 Å². The first-order valence-corrected chi connectivity index (χ1v) is 26.0. The third kappa shape index (κ3) is 15.1. The third-order valence-corrected chi connectivity index (χ3v) is 13.1. The number of fused-ring (bicyclic) bond motifs is 2. The van der Waals surface area contributed by atoms with Gasteiger partial charge in [0.1, 0.15) is 70.5 Å². The number of β-lactam (4-membered cyclic amide) rings is 1. The second-order valence-corrected chi connectivity index (χ2v) is 23.1. The summed E-state index contributed by atoms with van der Waals surface area (Å²) >= 11 is 2.31. The summed E-state index contributed by atoms with van der Waals surface area (Å²) in [6, 6.07) is 15.0. The van der Waals surface area contributed by atoms with E-state index in [1.165, 1.54) is 35.9 Å². The minimum absolute atomic E-state index is 0. The lowest BCUT2D eigenvalue weighted by Gasteiger charge is -2.49. The van der Waals surface area contributed by atoms with Crippen LogP contribution in [0.4, 0.5) is 14.7 Å². The summed E-state index contributed by atoms with van der Waals surface area (Å²) < 4.78 is 33.1. The predicted molar refractivity (Wildman–Crippen MR) is 282 cm³/mol. The summed E-state index contributed by atoms with van der Waals surface area (Å²) in [4.78, 5) is 92.5. The van der Waals surface area contributed by atoms with E-state index in [0.717, 1.165) is 22.5 Å². The monoisotopic (exact) mass is 1210 g/mol. The van der Waals surface area contributed by atoms with Gasteiger partial charge in [0.2, 0.25) is 5.60 Å². The Morgan fingerprint density at radius 1 is 0.844 bits per heavy atom. The van der Waals surface area contributed by atoms with E-state index < -0.39 is 75.5 Å². The highest BCUT2D eigenvalue weighted by Crippen LogP contribution is 2.41. The zero-order valence-corrected chi connectivity index (χ0v) is 48.6. The fraction of sp³-hybridized carbons (Fsp3) is 0.423. The van der Waals surface area contributed by atoms with Crippen LogP contribution in [0.5, 0.6) is 5.75 Å². The molecule has 1 fully saturated rings. The summed E-state index contributed by atoms with van der Waals surface area (Å²) in [7, 11) is 1.55. The van der Waals surface area contributed by atoms with Gasteiger partial charge in [-0.25, -0.2) is 33.4 Å². The molecule has 0 radical (unpaired) electrons. The summed E-state index contributed by atoms with van der Waals surface area (Å²) in [6.45, 7) is 18.8. The van der Waals surface area contributed by atoms with Gasteiger partial charge in [-0.2, -0.15) is 0 Å². The molecule has 0 saturated carbocycles. The molecule has 0 spiro atoms.